The Morgan fingerprint density at radius 3 is 2.57 bits per heavy atom. The van der Waals surface area contributed by atoms with E-state index in [0.29, 0.717) is 18.5 Å². The Morgan fingerprint density at radius 2 is 1.91 bits per heavy atom. The van der Waals surface area contributed by atoms with Gasteiger partial charge in [-0.15, -0.1) is 11.3 Å². The number of carboxylic acid groups (broad SMARTS) is 1. The maximum absolute atomic E-state index is 12.5. The van der Waals surface area contributed by atoms with E-state index in [0.717, 1.165) is 23.4 Å². The lowest BCUT2D eigenvalue weighted by molar-refractivity contribution is -0.138. The summed E-state index contributed by atoms with van der Waals surface area (Å²) in [4.78, 5) is 28.0. The Balaban J connectivity index is 1.76. The number of rotatable bonds is 5. The van der Waals surface area contributed by atoms with Gasteiger partial charge in [-0.25, -0.2) is 4.98 Å². The lowest BCUT2D eigenvalue weighted by Gasteiger charge is -2.28. The number of hydrogen-bond acceptors (Lipinski definition) is 4. The Kier molecular flexibility index (Phi) is 4.43. The van der Waals surface area contributed by atoms with E-state index in [-0.39, 0.29) is 12.3 Å². The third-order valence-corrected chi connectivity index (χ3v) is 5.08. The molecule has 0 atom stereocenters. The lowest BCUT2D eigenvalue weighted by atomic mass is 9.93. The molecule has 1 amide bonds. The predicted molar refractivity (Wildman–Crippen MR) is 88.5 cm³/mol. The van der Waals surface area contributed by atoms with Crippen LogP contribution in [0.1, 0.15) is 42.6 Å². The molecule has 5 nitrogen and oxygen atoms in total. The Labute approximate surface area is 138 Å². The Hall–Kier alpha value is -2.21. The molecule has 1 heterocycles. The summed E-state index contributed by atoms with van der Waals surface area (Å²) in [6, 6.07) is 9.68. The largest absolute Gasteiger partial charge is 0.481 e. The molecule has 0 radical (unpaired) electrons. The summed E-state index contributed by atoms with van der Waals surface area (Å²) >= 11 is 1.41. The van der Waals surface area contributed by atoms with Crippen molar-refractivity contribution in [1.82, 2.24) is 10.3 Å². The maximum atomic E-state index is 12.5. The molecular weight excluding hydrogens is 312 g/mol. The molecule has 2 aromatic rings. The van der Waals surface area contributed by atoms with Crippen molar-refractivity contribution in [3.8, 4) is 10.6 Å². The molecule has 1 aromatic carbocycles. The van der Waals surface area contributed by atoms with Crippen molar-refractivity contribution in [2.24, 2.45) is 0 Å². The van der Waals surface area contributed by atoms with Crippen molar-refractivity contribution >= 4 is 23.2 Å². The zero-order valence-corrected chi connectivity index (χ0v) is 13.4. The summed E-state index contributed by atoms with van der Waals surface area (Å²) in [6.07, 6.45) is 3.27. The summed E-state index contributed by atoms with van der Waals surface area (Å²) in [6.45, 7) is 0. The first kappa shape index (κ1) is 15.7. The number of carbonyl (C=O) groups excluding carboxylic acids is 1. The van der Waals surface area contributed by atoms with Crippen LogP contribution in [0.3, 0.4) is 0 Å². The molecular formula is C17H18N2O3S. The number of nitrogens with one attached hydrogen (secondary N) is 1. The van der Waals surface area contributed by atoms with Crippen LogP contribution in [-0.4, -0.2) is 27.5 Å². The fraction of sp³-hybridized carbons (Fsp3) is 0.353. The van der Waals surface area contributed by atoms with Crippen molar-refractivity contribution in [3.05, 3.63) is 41.4 Å². The average molecular weight is 330 g/mol. The van der Waals surface area contributed by atoms with E-state index in [9.17, 15) is 9.59 Å². The number of aliphatic carboxylic acids is 1. The van der Waals surface area contributed by atoms with Crippen LogP contribution in [0.5, 0.6) is 0 Å². The standard InChI is InChI=1S/C17H18N2O3S/c20-14(21)10-17(8-4-5-9-17)19-15(22)13-11-23-16(18-13)12-6-2-1-3-7-12/h1-3,6-7,11H,4-5,8-10H2,(H,19,22)(H,20,21). The topological polar surface area (TPSA) is 79.3 Å². The predicted octanol–water partition coefficient (Wildman–Crippen LogP) is 3.33. The quantitative estimate of drug-likeness (QED) is 0.881. The molecule has 1 fully saturated rings. The smallest absolute Gasteiger partial charge is 0.305 e. The van der Waals surface area contributed by atoms with Crippen molar-refractivity contribution in [3.63, 3.8) is 0 Å². The summed E-state index contributed by atoms with van der Waals surface area (Å²) in [7, 11) is 0. The molecule has 0 saturated heterocycles. The molecule has 0 spiro atoms. The van der Waals surface area contributed by atoms with Crippen LogP contribution < -0.4 is 5.32 Å². The van der Waals surface area contributed by atoms with E-state index >= 15 is 0 Å². The van der Waals surface area contributed by atoms with E-state index in [1.165, 1.54) is 11.3 Å². The highest BCUT2D eigenvalue weighted by atomic mass is 32.1. The number of amides is 1. The molecule has 0 unspecified atom stereocenters. The maximum Gasteiger partial charge on any atom is 0.305 e. The van der Waals surface area contributed by atoms with Crippen LogP contribution in [0, 0.1) is 0 Å². The van der Waals surface area contributed by atoms with Gasteiger partial charge in [0, 0.05) is 10.9 Å². The van der Waals surface area contributed by atoms with E-state index in [1.807, 2.05) is 30.3 Å². The third-order valence-electron chi connectivity index (χ3n) is 4.19. The van der Waals surface area contributed by atoms with Gasteiger partial charge in [-0.05, 0) is 12.8 Å². The van der Waals surface area contributed by atoms with Gasteiger partial charge in [-0.1, -0.05) is 43.2 Å². The zero-order valence-electron chi connectivity index (χ0n) is 12.6. The van der Waals surface area contributed by atoms with Crippen molar-refractivity contribution in [2.75, 3.05) is 0 Å². The van der Waals surface area contributed by atoms with Gasteiger partial charge in [-0.3, -0.25) is 9.59 Å². The molecule has 6 heteroatoms. The monoisotopic (exact) mass is 330 g/mol. The molecule has 0 bridgehead atoms. The first-order valence-electron chi connectivity index (χ1n) is 7.63. The third kappa shape index (κ3) is 3.59. The molecule has 3 rings (SSSR count). The van der Waals surface area contributed by atoms with Crippen LogP contribution in [0.25, 0.3) is 10.6 Å². The summed E-state index contributed by atoms with van der Waals surface area (Å²) in [5.41, 5.74) is 0.697. The first-order valence-corrected chi connectivity index (χ1v) is 8.51. The lowest BCUT2D eigenvalue weighted by Crippen LogP contribution is -2.47. The van der Waals surface area contributed by atoms with Gasteiger partial charge in [-0.2, -0.15) is 0 Å². The fourth-order valence-electron chi connectivity index (χ4n) is 3.08. The minimum atomic E-state index is -0.879. The summed E-state index contributed by atoms with van der Waals surface area (Å²) in [5, 5.41) is 14.5. The van der Waals surface area contributed by atoms with Crippen LogP contribution >= 0.6 is 11.3 Å². The molecule has 1 aliphatic rings. The number of thiazole rings is 1. The second kappa shape index (κ2) is 6.50. The van der Waals surface area contributed by atoms with E-state index in [2.05, 4.69) is 10.3 Å². The molecule has 1 aliphatic carbocycles. The average Bonchev–Trinajstić information content (AvgIpc) is 3.17. The van der Waals surface area contributed by atoms with Gasteiger partial charge in [0.25, 0.3) is 5.91 Å². The van der Waals surface area contributed by atoms with Gasteiger partial charge in [0.15, 0.2) is 0 Å². The van der Waals surface area contributed by atoms with Crippen molar-refractivity contribution in [2.45, 2.75) is 37.6 Å². The second-order valence-electron chi connectivity index (χ2n) is 5.92. The molecule has 2 N–H and O–H groups in total. The van der Waals surface area contributed by atoms with Gasteiger partial charge in [0.05, 0.1) is 12.0 Å². The number of carboxylic acids is 1. The SMILES string of the molecule is O=C(O)CC1(NC(=O)c2csc(-c3ccccc3)n2)CCCC1. The molecule has 23 heavy (non-hydrogen) atoms. The van der Waals surface area contributed by atoms with Crippen LogP contribution in [0.15, 0.2) is 35.7 Å². The number of carbonyl (C=O) groups is 2. The number of benzene rings is 1. The number of hydrogen-bond donors (Lipinski definition) is 2. The molecule has 0 aliphatic heterocycles. The van der Waals surface area contributed by atoms with Crippen molar-refractivity contribution in [1.29, 1.82) is 0 Å². The van der Waals surface area contributed by atoms with Crippen molar-refractivity contribution < 1.29 is 14.7 Å². The highest BCUT2D eigenvalue weighted by Gasteiger charge is 2.38. The zero-order chi connectivity index (χ0) is 16.3. The fourth-order valence-corrected chi connectivity index (χ4v) is 3.89. The van der Waals surface area contributed by atoms with Crippen LogP contribution in [0.4, 0.5) is 0 Å². The molecule has 1 aromatic heterocycles. The minimum absolute atomic E-state index is 0.0333. The van der Waals surface area contributed by atoms with E-state index in [4.69, 9.17) is 5.11 Å². The highest BCUT2D eigenvalue weighted by molar-refractivity contribution is 7.13. The number of aromatic nitrogens is 1. The van der Waals surface area contributed by atoms with Crippen LogP contribution in [0.2, 0.25) is 0 Å². The summed E-state index contributed by atoms with van der Waals surface area (Å²) < 4.78 is 0. The van der Waals surface area contributed by atoms with Gasteiger partial charge in [0.2, 0.25) is 0 Å². The number of nitrogens with zero attached hydrogens (tertiary/aromatic N) is 1. The second-order valence-corrected chi connectivity index (χ2v) is 6.77. The normalized spacial score (nSPS) is 16.2. The summed E-state index contributed by atoms with van der Waals surface area (Å²) in [5.74, 6) is -1.16. The first-order chi connectivity index (χ1) is 11.1. The van der Waals surface area contributed by atoms with Gasteiger partial charge in [0.1, 0.15) is 10.7 Å². The Morgan fingerprint density at radius 1 is 1.22 bits per heavy atom. The van der Waals surface area contributed by atoms with Gasteiger partial charge >= 0.3 is 5.97 Å². The Bertz CT molecular complexity index is 706. The molecule has 1 saturated carbocycles. The minimum Gasteiger partial charge on any atom is -0.481 e. The highest BCUT2D eigenvalue weighted by Crippen LogP contribution is 2.33. The molecule has 120 valence electrons. The van der Waals surface area contributed by atoms with E-state index < -0.39 is 11.5 Å². The van der Waals surface area contributed by atoms with Gasteiger partial charge < -0.3 is 10.4 Å². The van der Waals surface area contributed by atoms with E-state index in [1.54, 1.807) is 5.38 Å². The van der Waals surface area contributed by atoms with Crippen LogP contribution in [-0.2, 0) is 4.79 Å².